The summed E-state index contributed by atoms with van der Waals surface area (Å²) in [6, 6.07) is 1.17. The quantitative estimate of drug-likeness (QED) is 0.821. The molecule has 1 aliphatic carbocycles. The van der Waals surface area contributed by atoms with Crippen LogP contribution in [-0.2, 0) is 4.79 Å². The fourth-order valence-electron chi connectivity index (χ4n) is 3.56. The fourth-order valence-corrected chi connectivity index (χ4v) is 3.56. The molecule has 0 aromatic rings. The van der Waals surface area contributed by atoms with Crippen LogP contribution in [0.4, 0.5) is 0 Å². The predicted octanol–water partition coefficient (Wildman–Crippen LogP) is 2.44. The van der Waals surface area contributed by atoms with Crippen LogP contribution >= 0.6 is 0 Å². The van der Waals surface area contributed by atoms with Crippen molar-refractivity contribution in [1.82, 2.24) is 4.90 Å². The number of likely N-dealkylation sites (tertiary alicyclic amines) is 1. The summed E-state index contributed by atoms with van der Waals surface area (Å²) in [6.07, 6.45) is 12.6. The van der Waals surface area contributed by atoms with Crippen molar-refractivity contribution < 1.29 is 4.79 Å². The maximum Gasteiger partial charge on any atom is 0.218 e. The molecule has 1 amide bonds. The molecule has 2 aliphatic rings. The van der Waals surface area contributed by atoms with E-state index >= 15 is 0 Å². The van der Waals surface area contributed by atoms with Crippen LogP contribution in [-0.4, -0.2) is 29.4 Å². The molecule has 3 heteroatoms. The first-order chi connectivity index (χ1) is 8.27. The van der Waals surface area contributed by atoms with E-state index < -0.39 is 0 Å². The second-order valence-electron chi connectivity index (χ2n) is 5.70. The maximum absolute atomic E-state index is 11.1. The van der Waals surface area contributed by atoms with Crippen LogP contribution in [0.1, 0.15) is 64.2 Å². The van der Waals surface area contributed by atoms with Crippen molar-refractivity contribution in [3.63, 3.8) is 0 Å². The molecule has 1 aliphatic heterocycles. The zero-order chi connectivity index (χ0) is 12.1. The van der Waals surface area contributed by atoms with Gasteiger partial charge in [-0.25, -0.2) is 0 Å². The van der Waals surface area contributed by atoms with Gasteiger partial charge in [0.2, 0.25) is 5.91 Å². The van der Waals surface area contributed by atoms with Gasteiger partial charge in [-0.1, -0.05) is 32.1 Å². The molecule has 98 valence electrons. The van der Waals surface area contributed by atoms with Crippen LogP contribution in [0, 0.1) is 0 Å². The Balaban J connectivity index is 1.90. The number of hydrogen-bond donors (Lipinski definition) is 1. The molecule has 1 unspecified atom stereocenters. The zero-order valence-corrected chi connectivity index (χ0v) is 10.9. The Labute approximate surface area is 105 Å². The van der Waals surface area contributed by atoms with Gasteiger partial charge < -0.3 is 5.73 Å². The third-order valence-corrected chi connectivity index (χ3v) is 4.40. The first kappa shape index (κ1) is 12.9. The number of nitrogens with two attached hydrogens (primary N) is 1. The fraction of sp³-hybridized carbons (Fsp3) is 0.929. The Hall–Kier alpha value is -0.570. The largest absolute Gasteiger partial charge is 0.370 e. The molecule has 1 heterocycles. The van der Waals surface area contributed by atoms with Gasteiger partial charge in [-0.05, 0) is 32.2 Å². The Bertz CT molecular complexity index is 247. The molecule has 0 aromatic heterocycles. The number of carbonyl (C=O) groups is 1. The number of nitrogens with zero attached hydrogens (tertiary/aromatic N) is 1. The van der Waals surface area contributed by atoms with Crippen LogP contribution in [0.25, 0.3) is 0 Å². The Kier molecular flexibility index (Phi) is 4.84. The van der Waals surface area contributed by atoms with Gasteiger partial charge in [0.15, 0.2) is 0 Å². The molecule has 0 bridgehead atoms. The smallest absolute Gasteiger partial charge is 0.218 e. The lowest BCUT2D eigenvalue weighted by molar-refractivity contribution is -0.119. The van der Waals surface area contributed by atoms with Crippen molar-refractivity contribution in [2.75, 3.05) is 6.54 Å². The van der Waals surface area contributed by atoms with E-state index in [-0.39, 0.29) is 5.91 Å². The van der Waals surface area contributed by atoms with Gasteiger partial charge in [-0.15, -0.1) is 0 Å². The molecule has 0 spiro atoms. The third kappa shape index (κ3) is 3.70. The molecule has 0 aromatic carbocycles. The maximum atomic E-state index is 11.1. The minimum absolute atomic E-state index is 0.132. The van der Waals surface area contributed by atoms with Crippen molar-refractivity contribution in [2.45, 2.75) is 76.3 Å². The molecule has 0 radical (unpaired) electrons. The minimum atomic E-state index is -0.132. The third-order valence-electron chi connectivity index (χ3n) is 4.40. The van der Waals surface area contributed by atoms with E-state index in [0.29, 0.717) is 12.5 Å². The highest BCUT2D eigenvalue weighted by atomic mass is 16.1. The molecular weight excluding hydrogens is 212 g/mol. The van der Waals surface area contributed by atoms with Gasteiger partial charge in [0.25, 0.3) is 0 Å². The van der Waals surface area contributed by atoms with E-state index in [9.17, 15) is 4.79 Å². The van der Waals surface area contributed by atoms with E-state index in [0.717, 1.165) is 6.04 Å². The van der Waals surface area contributed by atoms with Gasteiger partial charge >= 0.3 is 0 Å². The average molecular weight is 238 g/mol. The summed E-state index contributed by atoms with van der Waals surface area (Å²) in [4.78, 5) is 13.7. The molecule has 17 heavy (non-hydrogen) atoms. The van der Waals surface area contributed by atoms with Gasteiger partial charge in [0, 0.05) is 18.5 Å². The molecule has 3 nitrogen and oxygen atoms in total. The zero-order valence-electron chi connectivity index (χ0n) is 10.9. The highest BCUT2D eigenvalue weighted by Crippen LogP contribution is 2.29. The summed E-state index contributed by atoms with van der Waals surface area (Å²) < 4.78 is 0. The van der Waals surface area contributed by atoms with Crippen molar-refractivity contribution in [3.8, 4) is 0 Å². The standard InChI is InChI=1S/C14H26N2O/c15-14(17)11-13-9-6-10-16(13)12-7-4-2-1-3-5-8-12/h12-13H,1-11H2,(H2,15,17). The number of carbonyl (C=O) groups excluding carboxylic acids is 1. The van der Waals surface area contributed by atoms with Crippen molar-refractivity contribution >= 4 is 5.91 Å². The van der Waals surface area contributed by atoms with E-state index in [1.165, 1.54) is 64.3 Å². The Morgan fingerprint density at radius 3 is 2.29 bits per heavy atom. The van der Waals surface area contributed by atoms with E-state index in [4.69, 9.17) is 5.73 Å². The highest BCUT2D eigenvalue weighted by molar-refractivity contribution is 5.74. The van der Waals surface area contributed by atoms with Gasteiger partial charge in [0.05, 0.1) is 0 Å². The normalized spacial score (nSPS) is 28.8. The van der Waals surface area contributed by atoms with Gasteiger partial charge in [0.1, 0.15) is 0 Å². The van der Waals surface area contributed by atoms with Crippen molar-refractivity contribution in [1.29, 1.82) is 0 Å². The van der Waals surface area contributed by atoms with Crippen LogP contribution in [0.3, 0.4) is 0 Å². The number of hydrogen-bond acceptors (Lipinski definition) is 2. The molecule has 1 saturated heterocycles. The van der Waals surface area contributed by atoms with Crippen molar-refractivity contribution in [2.24, 2.45) is 5.73 Å². The lowest BCUT2D eigenvalue weighted by atomic mass is 9.95. The molecule has 2 rings (SSSR count). The van der Waals surface area contributed by atoms with Crippen molar-refractivity contribution in [3.05, 3.63) is 0 Å². The lowest BCUT2D eigenvalue weighted by Crippen LogP contribution is -2.41. The van der Waals surface area contributed by atoms with Gasteiger partial charge in [-0.3, -0.25) is 9.69 Å². The molecule has 2 fully saturated rings. The molecule has 2 N–H and O–H groups in total. The minimum Gasteiger partial charge on any atom is -0.370 e. The lowest BCUT2D eigenvalue weighted by Gasteiger charge is -2.34. The second-order valence-corrected chi connectivity index (χ2v) is 5.70. The Morgan fingerprint density at radius 2 is 1.65 bits per heavy atom. The predicted molar refractivity (Wildman–Crippen MR) is 69.6 cm³/mol. The molecule has 1 saturated carbocycles. The van der Waals surface area contributed by atoms with E-state index in [1.54, 1.807) is 0 Å². The summed E-state index contributed by atoms with van der Waals surface area (Å²) in [6.45, 7) is 1.18. The topological polar surface area (TPSA) is 46.3 Å². The summed E-state index contributed by atoms with van der Waals surface area (Å²) >= 11 is 0. The van der Waals surface area contributed by atoms with Crippen LogP contribution in [0.15, 0.2) is 0 Å². The van der Waals surface area contributed by atoms with Crippen LogP contribution < -0.4 is 5.73 Å². The first-order valence-corrected chi connectivity index (χ1v) is 7.31. The molecular formula is C14H26N2O. The number of rotatable bonds is 3. The highest BCUT2D eigenvalue weighted by Gasteiger charge is 2.31. The van der Waals surface area contributed by atoms with Crippen LogP contribution in [0.5, 0.6) is 0 Å². The van der Waals surface area contributed by atoms with E-state index in [1.807, 2.05) is 0 Å². The van der Waals surface area contributed by atoms with E-state index in [2.05, 4.69) is 4.90 Å². The first-order valence-electron chi connectivity index (χ1n) is 7.31. The SMILES string of the molecule is NC(=O)CC1CCCN1C1CCCCCCC1. The Morgan fingerprint density at radius 1 is 1.00 bits per heavy atom. The summed E-state index contributed by atoms with van der Waals surface area (Å²) in [5.74, 6) is -0.132. The van der Waals surface area contributed by atoms with Gasteiger partial charge in [-0.2, -0.15) is 0 Å². The monoisotopic (exact) mass is 238 g/mol. The number of primary amides is 1. The van der Waals surface area contributed by atoms with Crippen LogP contribution in [0.2, 0.25) is 0 Å². The molecule has 1 atom stereocenters. The second kappa shape index (κ2) is 6.39. The summed E-state index contributed by atoms with van der Waals surface area (Å²) in [7, 11) is 0. The summed E-state index contributed by atoms with van der Waals surface area (Å²) in [5.41, 5.74) is 5.35. The average Bonchev–Trinajstić information content (AvgIpc) is 2.64. The summed E-state index contributed by atoms with van der Waals surface area (Å²) in [5, 5.41) is 0. The number of amides is 1.